The highest BCUT2D eigenvalue weighted by molar-refractivity contribution is 7.89. The third-order valence-corrected chi connectivity index (χ3v) is 8.02. The molecule has 3 aromatic rings. The van der Waals surface area contributed by atoms with Gasteiger partial charge in [0.1, 0.15) is 11.6 Å². The van der Waals surface area contributed by atoms with Crippen molar-refractivity contribution >= 4 is 21.9 Å². The van der Waals surface area contributed by atoms with Crippen molar-refractivity contribution in [3.8, 4) is 5.69 Å². The molecular weight excluding hydrogens is 435 g/mol. The lowest BCUT2D eigenvalue weighted by Crippen LogP contribution is -2.52. The van der Waals surface area contributed by atoms with Crippen LogP contribution in [-0.4, -0.2) is 56.4 Å². The van der Waals surface area contributed by atoms with Crippen LogP contribution in [0.1, 0.15) is 24.6 Å². The number of fused-ring (bicyclic) bond motifs is 2. The van der Waals surface area contributed by atoms with E-state index >= 15 is 0 Å². The first-order chi connectivity index (χ1) is 15.2. The fourth-order valence-electron chi connectivity index (χ4n) is 4.55. The number of carbonyl (C=O) groups is 1. The van der Waals surface area contributed by atoms with Crippen molar-refractivity contribution in [2.75, 3.05) is 13.1 Å². The van der Waals surface area contributed by atoms with Crippen molar-refractivity contribution in [1.82, 2.24) is 29.1 Å². The normalized spacial score (nSPS) is 21.0. The first-order valence-electron chi connectivity index (χ1n) is 10.1. The molecule has 1 atom stereocenters. The van der Waals surface area contributed by atoms with Gasteiger partial charge in [-0.3, -0.25) is 4.79 Å². The first kappa shape index (κ1) is 20.7. The average Bonchev–Trinajstić information content (AvgIpc) is 3.38. The average molecular weight is 457 g/mol. The Kier molecular flexibility index (Phi) is 4.64. The summed E-state index contributed by atoms with van der Waals surface area (Å²) in [5.41, 5.74) is 2.30. The Morgan fingerprint density at radius 3 is 2.56 bits per heavy atom. The summed E-state index contributed by atoms with van der Waals surface area (Å²) >= 11 is 0. The largest absolute Gasteiger partial charge is 0.299 e. The van der Waals surface area contributed by atoms with Crippen molar-refractivity contribution in [3.05, 3.63) is 59.3 Å². The summed E-state index contributed by atoms with van der Waals surface area (Å²) in [4.78, 5) is 14.1. The lowest BCUT2D eigenvalue weighted by atomic mass is 9.66. The molecule has 1 saturated heterocycles. The Balaban J connectivity index is 1.54. The van der Waals surface area contributed by atoms with Crippen LogP contribution >= 0.6 is 0 Å². The van der Waals surface area contributed by atoms with Gasteiger partial charge in [-0.2, -0.15) is 19.3 Å². The Morgan fingerprint density at radius 2 is 1.91 bits per heavy atom. The van der Waals surface area contributed by atoms with Gasteiger partial charge >= 0.3 is 0 Å². The molecule has 11 heteroatoms. The highest BCUT2D eigenvalue weighted by atomic mass is 32.2. The molecule has 9 nitrogen and oxygen atoms in total. The van der Waals surface area contributed by atoms with Gasteiger partial charge in [-0.15, -0.1) is 5.10 Å². The summed E-state index contributed by atoms with van der Waals surface area (Å²) in [6, 6.07) is 6.03. The zero-order valence-electron chi connectivity index (χ0n) is 17.6. The number of piperidine rings is 1. The van der Waals surface area contributed by atoms with E-state index < -0.39 is 15.4 Å². The molecular formula is C21H21FN6O3S. The van der Waals surface area contributed by atoms with Gasteiger partial charge < -0.3 is 0 Å². The van der Waals surface area contributed by atoms with Gasteiger partial charge in [0.25, 0.3) is 10.0 Å². The summed E-state index contributed by atoms with van der Waals surface area (Å²) < 4.78 is 42.7. The Labute approximate surface area is 184 Å². The van der Waals surface area contributed by atoms with Crippen molar-refractivity contribution in [3.63, 3.8) is 0 Å². The number of hydrogen-bond donors (Lipinski definition) is 0. The van der Waals surface area contributed by atoms with Crippen molar-refractivity contribution in [1.29, 1.82) is 0 Å². The number of carbonyl (C=O) groups excluding carboxylic acids is 1. The molecule has 0 unspecified atom stereocenters. The quantitative estimate of drug-likeness (QED) is 0.593. The summed E-state index contributed by atoms with van der Waals surface area (Å²) in [6.07, 6.45) is 5.59. The standard InChI is InChI=1S/C21H21FN6O3S/c1-14(29)21-10-15-11-24-28(18-5-3-17(22)4-6-18)19(15)9-16(21)7-8-27(13-21)32(30,31)20-12-23-26(2)25-20/h3-6,9,11-12H,7-8,10,13H2,1-2H3/t21-/m1/s1. The molecule has 1 aliphatic carbocycles. The van der Waals surface area contributed by atoms with Gasteiger partial charge in [-0.05, 0) is 55.7 Å². The lowest BCUT2D eigenvalue weighted by Gasteiger charge is -2.44. The molecule has 0 spiro atoms. The van der Waals surface area contributed by atoms with Gasteiger partial charge in [0.15, 0.2) is 0 Å². The second kappa shape index (κ2) is 7.17. The third kappa shape index (κ3) is 3.11. The Bertz CT molecular complexity index is 1360. The Morgan fingerprint density at radius 1 is 1.16 bits per heavy atom. The first-order valence-corrected chi connectivity index (χ1v) is 11.6. The minimum Gasteiger partial charge on any atom is -0.299 e. The van der Waals surface area contributed by atoms with E-state index in [1.165, 1.54) is 34.4 Å². The monoisotopic (exact) mass is 456 g/mol. The molecule has 0 saturated carbocycles. The van der Waals surface area contributed by atoms with Gasteiger partial charge in [0.2, 0.25) is 5.03 Å². The molecule has 0 bridgehead atoms. The van der Waals surface area contributed by atoms with Gasteiger partial charge in [0.05, 0.1) is 29.2 Å². The van der Waals surface area contributed by atoms with Crippen LogP contribution in [0.2, 0.25) is 0 Å². The molecule has 32 heavy (non-hydrogen) atoms. The smallest absolute Gasteiger partial charge is 0.264 e. The van der Waals surface area contributed by atoms with E-state index in [2.05, 4.69) is 15.3 Å². The van der Waals surface area contributed by atoms with Crippen molar-refractivity contribution in [2.24, 2.45) is 12.5 Å². The number of aryl methyl sites for hydroxylation is 1. The minimum absolute atomic E-state index is 0.0360. The lowest BCUT2D eigenvalue weighted by molar-refractivity contribution is -0.125. The van der Waals surface area contributed by atoms with Crippen LogP contribution in [0.25, 0.3) is 11.8 Å². The highest BCUT2D eigenvalue weighted by Crippen LogP contribution is 2.45. The topological polar surface area (TPSA) is 103 Å². The highest BCUT2D eigenvalue weighted by Gasteiger charge is 2.49. The van der Waals surface area contributed by atoms with Crippen LogP contribution in [0.4, 0.5) is 4.39 Å². The Hall–Kier alpha value is -3.18. The summed E-state index contributed by atoms with van der Waals surface area (Å²) in [5.74, 6) is -0.427. The molecule has 0 amide bonds. The zero-order valence-corrected chi connectivity index (χ0v) is 18.4. The maximum atomic E-state index is 13.3. The number of aromatic nitrogens is 5. The van der Waals surface area contributed by atoms with Crippen LogP contribution in [0.3, 0.4) is 0 Å². The SMILES string of the molecule is CC(=O)[C@]12Cc3cnn(-c4ccc(F)cc4)c3C=C1CCN(S(=O)(=O)c1cnn(C)n1)C2. The number of Topliss-reactive ketones (excluding diaryl/α,β-unsaturated/α-hetero) is 1. The number of nitrogens with zero attached hydrogens (tertiary/aromatic N) is 6. The molecule has 0 N–H and O–H groups in total. The summed E-state index contributed by atoms with van der Waals surface area (Å²) in [5, 5.41) is 12.1. The molecule has 5 rings (SSSR count). The fourth-order valence-corrected chi connectivity index (χ4v) is 5.94. The second-order valence-electron chi connectivity index (χ2n) is 8.19. The van der Waals surface area contributed by atoms with E-state index in [1.54, 1.807) is 30.1 Å². The number of hydrogen-bond acceptors (Lipinski definition) is 6. The third-order valence-electron chi connectivity index (χ3n) is 6.31. The number of rotatable bonds is 4. The van der Waals surface area contributed by atoms with Gasteiger partial charge in [-0.1, -0.05) is 5.57 Å². The van der Waals surface area contributed by atoms with E-state index in [4.69, 9.17) is 0 Å². The predicted octanol–water partition coefficient (Wildman–Crippen LogP) is 1.75. The number of sulfonamides is 1. The van der Waals surface area contributed by atoms with Crippen LogP contribution in [0.15, 0.2) is 47.3 Å². The molecule has 0 radical (unpaired) electrons. The predicted molar refractivity (Wildman–Crippen MR) is 113 cm³/mol. The van der Waals surface area contributed by atoms with Crippen LogP contribution in [0.5, 0.6) is 0 Å². The second-order valence-corrected chi connectivity index (χ2v) is 10.1. The van der Waals surface area contributed by atoms with Crippen LogP contribution in [0, 0.1) is 11.2 Å². The number of ketones is 1. The van der Waals surface area contributed by atoms with Gasteiger partial charge in [-0.25, -0.2) is 17.5 Å². The summed E-state index contributed by atoms with van der Waals surface area (Å²) in [6.45, 7) is 1.77. The molecule has 1 aliphatic heterocycles. The van der Waals surface area contributed by atoms with E-state index in [1.807, 2.05) is 6.08 Å². The van der Waals surface area contributed by atoms with E-state index in [-0.39, 0.29) is 29.7 Å². The molecule has 1 fully saturated rings. The van der Waals surface area contributed by atoms with Gasteiger partial charge in [0, 0.05) is 20.1 Å². The fraction of sp³-hybridized carbons (Fsp3) is 0.333. The van der Waals surface area contributed by atoms with Crippen LogP contribution in [-0.2, 0) is 28.3 Å². The van der Waals surface area contributed by atoms with E-state index in [9.17, 15) is 17.6 Å². The molecule has 166 valence electrons. The zero-order chi connectivity index (χ0) is 22.7. The van der Waals surface area contributed by atoms with Crippen molar-refractivity contribution in [2.45, 2.75) is 24.8 Å². The molecule has 2 aromatic heterocycles. The van der Waals surface area contributed by atoms with E-state index in [0.717, 1.165) is 16.8 Å². The van der Waals surface area contributed by atoms with Crippen molar-refractivity contribution < 1.29 is 17.6 Å². The van der Waals surface area contributed by atoms with E-state index in [0.29, 0.717) is 18.5 Å². The minimum atomic E-state index is -3.88. The maximum absolute atomic E-state index is 13.3. The maximum Gasteiger partial charge on any atom is 0.264 e. The number of halogens is 1. The molecule has 1 aromatic carbocycles. The molecule has 2 aliphatic rings. The summed E-state index contributed by atoms with van der Waals surface area (Å²) in [7, 11) is -2.33. The molecule has 3 heterocycles. The van der Waals surface area contributed by atoms with Crippen LogP contribution < -0.4 is 0 Å². The number of benzene rings is 1.